The summed E-state index contributed by atoms with van der Waals surface area (Å²) in [6.45, 7) is 3.95. The Balaban J connectivity index is 3.12. The van der Waals surface area contributed by atoms with Crippen LogP contribution in [0.3, 0.4) is 0 Å². The minimum absolute atomic E-state index is 0.251. The number of hydrogen-bond acceptors (Lipinski definition) is 4. The quantitative estimate of drug-likeness (QED) is 0.425. The summed E-state index contributed by atoms with van der Waals surface area (Å²) < 4.78 is 33.7. The molecule has 0 aromatic carbocycles. The van der Waals surface area contributed by atoms with Crippen molar-refractivity contribution in [3.05, 3.63) is 0 Å². The van der Waals surface area contributed by atoms with Crippen LogP contribution in [0.2, 0.25) is 0 Å². The van der Waals surface area contributed by atoms with E-state index in [-0.39, 0.29) is 12.3 Å². The lowest BCUT2D eigenvalue weighted by atomic mass is 10.6. The number of hydrogen-bond donors (Lipinski definition) is 2. The average molecular weight is 197 g/mol. The van der Waals surface area contributed by atoms with Crippen molar-refractivity contribution >= 4 is 10.1 Å². The first-order chi connectivity index (χ1) is 5.56. The standard InChI is InChI=1S/C6H15NO4S/c1-2-11-5-3-7-4-6-12(8,9)10/h7H,2-6H2,1H3,(H,8,9,10). The molecule has 6 heteroatoms. The predicted molar refractivity (Wildman–Crippen MR) is 45.8 cm³/mol. The smallest absolute Gasteiger partial charge is 0.266 e. The minimum atomic E-state index is -3.82. The molecule has 0 aliphatic rings. The zero-order chi connectivity index (χ0) is 9.45. The highest BCUT2D eigenvalue weighted by Gasteiger charge is 2.01. The number of nitrogens with one attached hydrogen (secondary N) is 1. The molecule has 0 atom stereocenters. The van der Waals surface area contributed by atoms with Gasteiger partial charge in [-0.05, 0) is 6.92 Å². The van der Waals surface area contributed by atoms with Crippen molar-refractivity contribution in [3.8, 4) is 0 Å². The molecule has 0 aliphatic carbocycles. The second-order valence-corrected chi connectivity index (χ2v) is 3.81. The van der Waals surface area contributed by atoms with Gasteiger partial charge in [0.05, 0.1) is 12.4 Å². The molecule has 0 aromatic rings. The van der Waals surface area contributed by atoms with E-state index in [1.54, 1.807) is 0 Å². The van der Waals surface area contributed by atoms with E-state index in [1.807, 2.05) is 6.92 Å². The first-order valence-electron chi connectivity index (χ1n) is 3.80. The van der Waals surface area contributed by atoms with E-state index in [0.717, 1.165) is 0 Å². The van der Waals surface area contributed by atoms with Gasteiger partial charge < -0.3 is 10.1 Å². The summed E-state index contributed by atoms with van der Waals surface area (Å²) in [5.41, 5.74) is 0. The van der Waals surface area contributed by atoms with Gasteiger partial charge in [0.2, 0.25) is 0 Å². The van der Waals surface area contributed by atoms with Crippen LogP contribution in [-0.4, -0.2) is 45.0 Å². The van der Waals surface area contributed by atoms with Gasteiger partial charge in [-0.1, -0.05) is 0 Å². The third-order valence-corrected chi connectivity index (χ3v) is 1.88. The average Bonchev–Trinajstić information content (AvgIpc) is 1.94. The van der Waals surface area contributed by atoms with Crippen molar-refractivity contribution in [3.63, 3.8) is 0 Å². The monoisotopic (exact) mass is 197 g/mol. The fourth-order valence-electron chi connectivity index (χ4n) is 0.615. The van der Waals surface area contributed by atoms with Gasteiger partial charge in [-0.15, -0.1) is 0 Å². The van der Waals surface area contributed by atoms with Gasteiger partial charge in [0.25, 0.3) is 10.1 Å². The Kier molecular flexibility index (Phi) is 6.27. The molecule has 0 fully saturated rings. The maximum atomic E-state index is 10.2. The Bertz CT molecular complexity index is 190. The molecule has 0 aromatic heterocycles. The Morgan fingerprint density at radius 1 is 1.42 bits per heavy atom. The molecule has 74 valence electrons. The van der Waals surface area contributed by atoms with Crippen LogP contribution in [0.4, 0.5) is 0 Å². The highest BCUT2D eigenvalue weighted by atomic mass is 32.2. The molecule has 0 saturated carbocycles. The lowest BCUT2D eigenvalue weighted by molar-refractivity contribution is 0.149. The Morgan fingerprint density at radius 2 is 2.08 bits per heavy atom. The third kappa shape index (κ3) is 9.83. The molecule has 0 heterocycles. The van der Waals surface area contributed by atoms with Gasteiger partial charge in [0.1, 0.15) is 0 Å². The van der Waals surface area contributed by atoms with Crippen LogP contribution in [0.1, 0.15) is 6.92 Å². The Hall–Kier alpha value is -0.170. The second-order valence-electron chi connectivity index (χ2n) is 2.23. The maximum Gasteiger partial charge on any atom is 0.266 e. The summed E-state index contributed by atoms with van der Waals surface area (Å²) in [5, 5.41) is 2.81. The number of ether oxygens (including phenoxy) is 1. The van der Waals surface area contributed by atoms with Crippen molar-refractivity contribution in [2.45, 2.75) is 6.92 Å². The van der Waals surface area contributed by atoms with Crippen LogP contribution in [0.15, 0.2) is 0 Å². The van der Waals surface area contributed by atoms with E-state index in [0.29, 0.717) is 19.8 Å². The van der Waals surface area contributed by atoms with Crippen LogP contribution in [0, 0.1) is 0 Å². The van der Waals surface area contributed by atoms with Crippen molar-refractivity contribution in [1.82, 2.24) is 5.32 Å². The largest absolute Gasteiger partial charge is 0.380 e. The molecule has 5 nitrogen and oxygen atoms in total. The Labute approximate surface area is 72.9 Å². The normalized spacial score (nSPS) is 11.8. The van der Waals surface area contributed by atoms with Crippen LogP contribution < -0.4 is 5.32 Å². The summed E-state index contributed by atoms with van der Waals surface area (Å²) in [4.78, 5) is 0. The highest BCUT2D eigenvalue weighted by Crippen LogP contribution is 1.78. The summed E-state index contributed by atoms with van der Waals surface area (Å²) in [6.07, 6.45) is 0. The molecular weight excluding hydrogens is 182 g/mol. The maximum absolute atomic E-state index is 10.2. The number of rotatable bonds is 7. The van der Waals surface area contributed by atoms with Gasteiger partial charge in [0, 0.05) is 19.7 Å². The first-order valence-corrected chi connectivity index (χ1v) is 5.41. The Morgan fingerprint density at radius 3 is 2.58 bits per heavy atom. The van der Waals surface area contributed by atoms with E-state index in [9.17, 15) is 8.42 Å². The van der Waals surface area contributed by atoms with Gasteiger partial charge in [-0.2, -0.15) is 8.42 Å². The summed E-state index contributed by atoms with van der Waals surface area (Å²) in [7, 11) is -3.82. The molecule has 12 heavy (non-hydrogen) atoms. The lowest BCUT2D eigenvalue weighted by Crippen LogP contribution is -2.25. The third-order valence-electron chi connectivity index (χ3n) is 1.16. The second kappa shape index (κ2) is 6.36. The zero-order valence-corrected chi connectivity index (χ0v) is 7.93. The van der Waals surface area contributed by atoms with Crippen molar-refractivity contribution < 1.29 is 17.7 Å². The van der Waals surface area contributed by atoms with Crippen molar-refractivity contribution in [1.29, 1.82) is 0 Å². The summed E-state index contributed by atoms with van der Waals surface area (Å²) in [6, 6.07) is 0. The molecule has 0 radical (unpaired) electrons. The highest BCUT2D eigenvalue weighted by molar-refractivity contribution is 7.85. The van der Waals surface area contributed by atoms with Gasteiger partial charge in [-0.25, -0.2) is 0 Å². The van der Waals surface area contributed by atoms with Crippen LogP contribution in [0.25, 0.3) is 0 Å². The zero-order valence-electron chi connectivity index (χ0n) is 7.12. The van der Waals surface area contributed by atoms with E-state index in [1.165, 1.54) is 0 Å². The predicted octanol–water partition coefficient (Wildman–Crippen LogP) is -0.500. The molecular formula is C6H15NO4S. The molecule has 2 N–H and O–H groups in total. The fourth-order valence-corrected chi connectivity index (χ4v) is 1.02. The van der Waals surface area contributed by atoms with Gasteiger partial charge in [-0.3, -0.25) is 4.55 Å². The molecule has 0 amide bonds. The SMILES string of the molecule is CCOCCNCCS(=O)(=O)O. The first kappa shape index (κ1) is 11.8. The van der Waals surface area contributed by atoms with Crippen LogP contribution in [-0.2, 0) is 14.9 Å². The van der Waals surface area contributed by atoms with E-state index < -0.39 is 10.1 Å². The lowest BCUT2D eigenvalue weighted by Gasteiger charge is -2.02. The summed E-state index contributed by atoms with van der Waals surface area (Å²) >= 11 is 0. The van der Waals surface area contributed by atoms with E-state index in [2.05, 4.69) is 5.32 Å². The van der Waals surface area contributed by atoms with Crippen LogP contribution >= 0.6 is 0 Å². The summed E-state index contributed by atoms with van der Waals surface area (Å²) in [5.74, 6) is -0.251. The molecule has 0 saturated heterocycles. The minimum Gasteiger partial charge on any atom is -0.380 e. The van der Waals surface area contributed by atoms with Crippen LogP contribution in [0.5, 0.6) is 0 Å². The van der Waals surface area contributed by atoms with Crippen molar-refractivity contribution in [2.75, 3.05) is 32.1 Å². The van der Waals surface area contributed by atoms with E-state index in [4.69, 9.17) is 9.29 Å². The van der Waals surface area contributed by atoms with E-state index >= 15 is 0 Å². The van der Waals surface area contributed by atoms with Crippen molar-refractivity contribution in [2.24, 2.45) is 0 Å². The molecule has 0 aliphatic heterocycles. The van der Waals surface area contributed by atoms with Gasteiger partial charge in [0.15, 0.2) is 0 Å². The molecule has 0 rings (SSSR count). The van der Waals surface area contributed by atoms with Gasteiger partial charge >= 0.3 is 0 Å². The molecule has 0 spiro atoms. The molecule has 0 bridgehead atoms. The molecule has 0 unspecified atom stereocenters. The topological polar surface area (TPSA) is 75.6 Å². The fraction of sp³-hybridized carbons (Fsp3) is 1.00.